The maximum absolute atomic E-state index is 12.6. The van der Waals surface area contributed by atoms with Crippen LogP contribution in [0.1, 0.15) is 42.4 Å². The number of anilines is 1. The van der Waals surface area contributed by atoms with Crippen LogP contribution in [-0.2, 0) is 16.4 Å². The molecule has 3 unspecified atom stereocenters. The molecule has 160 valence electrons. The summed E-state index contributed by atoms with van der Waals surface area (Å²) in [5.41, 5.74) is 0.666. The summed E-state index contributed by atoms with van der Waals surface area (Å²) < 4.78 is 24.8. The van der Waals surface area contributed by atoms with Gasteiger partial charge in [-0.3, -0.25) is 14.5 Å². The Morgan fingerprint density at radius 3 is 2.69 bits per heavy atom. The predicted molar refractivity (Wildman–Crippen MR) is 111 cm³/mol. The number of carbonyl (C=O) groups is 1. The highest BCUT2D eigenvalue weighted by Gasteiger charge is 2.29. The van der Waals surface area contributed by atoms with Gasteiger partial charge in [0.25, 0.3) is 5.91 Å². The fourth-order valence-corrected chi connectivity index (χ4v) is 4.22. The summed E-state index contributed by atoms with van der Waals surface area (Å²) >= 11 is 0.975. The van der Waals surface area contributed by atoms with Crippen LogP contribution in [0.3, 0.4) is 0 Å². The van der Waals surface area contributed by atoms with Crippen LogP contribution in [0.2, 0.25) is 0 Å². The number of hydrogen-bond donors (Lipinski definition) is 4. The third kappa shape index (κ3) is 7.69. The molecular weight excluding hydrogens is 416 g/mol. The van der Waals surface area contributed by atoms with E-state index in [-0.39, 0.29) is 17.2 Å². The second-order valence-corrected chi connectivity index (χ2v) is 9.32. The number of aromatic nitrogens is 2. The molecule has 2 heterocycles. The van der Waals surface area contributed by atoms with E-state index in [1.54, 1.807) is 24.4 Å². The molecule has 3 atom stereocenters. The van der Waals surface area contributed by atoms with Gasteiger partial charge in [0, 0.05) is 23.7 Å². The number of aliphatic hydroxyl groups excluding tert-OH is 2. The Kier molecular flexibility index (Phi) is 8.50. The van der Waals surface area contributed by atoms with Crippen LogP contribution < -0.4 is 10.0 Å². The standard InChI is InChI=1S/C18H26N4O5S2/c1-3-4-8-15(23)16(24)13(10-12-7-5-6-9-19-12)20-17(25)14-11-28-18(21-14)22-29(2,26)27/h5-7,9,11,13,15-16,23-24H,3-4,8,10H2,1-2H3,(H,20,25)(H,21,22). The molecule has 0 radical (unpaired) electrons. The molecular formula is C18H26N4O5S2. The third-order valence-electron chi connectivity index (χ3n) is 4.14. The second kappa shape index (κ2) is 10.6. The molecule has 0 aliphatic heterocycles. The zero-order valence-electron chi connectivity index (χ0n) is 16.3. The molecule has 2 aromatic heterocycles. The first kappa shape index (κ1) is 23.2. The van der Waals surface area contributed by atoms with Gasteiger partial charge in [0.15, 0.2) is 5.13 Å². The molecule has 29 heavy (non-hydrogen) atoms. The molecule has 1 amide bonds. The van der Waals surface area contributed by atoms with Crippen LogP contribution in [0.25, 0.3) is 0 Å². The van der Waals surface area contributed by atoms with Gasteiger partial charge in [-0.1, -0.05) is 25.8 Å². The molecule has 0 aromatic carbocycles. The molecule has 0 saturated carbocycles. The molecule has 0 aliphatic rings. The number of aliphatic hydroxyl groups is 2. The van der Waals surface area contributed by atoms with Crippen LogP contribution in [0.5, 0.6) is 0 Å². The van der Waals surface area contributed by atoms with E-state index in [1.165, 1.54) is 5.38 Å². The number of nitrogens with one attached hydrogen (secondary N) is 2. The van der Waals surface area contributed by atoms with E-state index in [0.717, 1.165) is 30.4 Å². The molecule has 4 N–H and O–H groups in total. The molecule has 2 aromatic rings. The highest BCUT2D eigenvalue weighted by atomic mass is 32.2. The first-order valence-electron chi connectivity index (χ1n) is 9.19. The van der Waals surface area contributed by atoms with E-state index in [0.29, 0.717) is 12.1 Å². The average Bonchev–Trinajstić information content (AvgIpc) is 3.12. The number of sulfonamides is 1. The normalized spacial score (nSPS) is 14.8. The third-order valence-corrected chi connectivity index (χ3v) is 5.59. The van der Waals surface area contributed by atoms with Gasteiger partial charge in [0.05, 0.1) is 18.4 Å². The van der Waals surface area contributed by atoms with Crippen molar-refractivity contribution in [3.05, 3.63) is 41.2 Å². The van der Waals surface area contributed by atoms with E-state index in [1.807, 2.05) is 6.92 Å². The largest absolute Gasteiger partial charge is 0.390 e. The number of thiazole rings is 1. The van der Waals surface area contributed by atoms with E-state index in [2.05, 4.69) is 20.0 Å². The SMILES string of the molecule is CCCCC(O)C(O)C(Cc1ccccn1)NC(=O)c1csc(NS(C)(=O)=O)n1. The molecule has 0 spiro atoms. The molecule has 0 bridgehead atoms. The van der Waals surface area contributed by atoms with Gasteiger partial charge in [-0.15, -0.1) is 11.3 Å². The van der Waals surface area contributed by atoms with Gasteiger partial charge in [-0.2, -0.15) is 0 Å². The van der Waals surface area contributed by atoms with Crippen LogP contribution in [0.4, 0.5) is 5.13 Å². The Morgan fingerprint density at radius 1 is 1.31 bits per heavy atom. The number of hydrogen-bond acceptors (Lipinski definition) is 8. The first-order chi connectivity index (χ1) is 13.7. The Morgan fingerprint density at radius 2 is 2.07 bits per heavy atom. The van der Waals surface area contributed by atoms with Crippen molar-refractivity contribution in [3.8, 4) is 0 Å². The van der Waals surface area contributed by atoms with Crippen molar-refractivity contribution in [2.45, 2.75) is 50.9 Å². The van der Waals surface area contributed by atoms with Gasteiger partial charge in [-0.05, 0) is 18.6 Å². The highest BCUT2D eigenvalue weighted by Crippen LogP contribution is 2.18. The smallest absolute Gasteiger partial charge is 0.271 e. The lowest BCUT2D eigenvalue weighted by molar-refractivity contribution is -0.00833. The quantitative estimate of drug-likeness (QED) is 0.409. The fourth-order valence-electron chi connectivity index (χ4n) is 2.68. The van der Waals surface area contributed by atoms with Crippen molar-refractivity contribution < 1.29 is 23.4 Å². The number of pyridine rings is 1. The number of unbranched alkanes of at least 4 members (excludes halogenated alkanes) is 1. The first-order valence-corrected chi connectivity index (χ1v) is 12.0. The Balaban J connectivity index is 2.14. The van der Waals surface area contributed by atoms with Crippen LogP contribution in [0, 0.1) is 0 Å². The molecule has 2 rings (SSSR count). The van der Waals surface area contributed by atoms with Gasteiger partial charge in [0.2, 0.25) is 10.0 Å². The van der Waals surface area contributed by atoms with Crippen molar-refractivity contribution in [2.24, 2.45) is 0 Å². The van der Waals surface area contributed by atoms with Crippen LogP contribution >= 0.6 is 11.3 Å². The number of amides is 1. The van der Waals surface area contributed by atoms with Crippen molar-refractivity contribution in [2.75, 3.05) is 11.0 Å². The summed E-state index contributed by atoms with van der Waals surface area (Å²) in [6.45, 7) is 1.98. The molecule has 0 aliphatic carbocycles. The number of rotatable bonds is 11. The van der Waals surface area contributed by atoms with Crippen molar-refractivity contribution >= 4 is 32.4 Å². The monoisotopic (exact) mass is 442 g/mol. The maximum atomic E-state index is 12.6. The Bertz CT molecular complexity index is 889. The summed E-state index contributed by atoms with van der Waals surface area (Å²) in [5, 5.41) is 25.1. The Labute approximate surface area is 174 Å². The summed E-state index contributed by atoms with van der Waals surface area (Å²) in [6.07, 6.45) is 2.65. The fraction of sp³-hybridized carbons (Fsp3) is 0.500. The van der Waals surface area contributed by atoms with Crippen molar-refractivity contribution in [1.82, 2.24) is 15.3 Å². The molecule has 9 nitrogen and oxygen atoms in total. The average molecular weight is 443 g/mol. The highest BCUT2D eigenvalue weighted by molar-refractivity contribution is 7.92. The lowest BCUT2D eigenvalue weighted by Gasteiger charge is -2.27. The van der Waals surface area contributed by atoms with Gasteiger partial charge in [0.1, 0.15) is 11.8 Å². The summed E-state index contributed by atoms with van der Waals surface area (Å²) in [7, 11) is -3.50. The van der Waals surface area contributed by atoms with Crippen LogP contribution in [-0.4, -0.2) is 59.0 Å². The topological polar surface area (TPSA) is 142 Å². The minimum absolute atomic E-state index is 0.0161. The van der Waals surface area contributed by atoms with E-state index < -0.39 is 34.2 Å². The zero-order valence-corrected chi connectivity index (χ0v) is 17.9. The van der Waals surface area contributed by atoms with Crippen molar-refractivity contribution in [1.29, 1.82) is 0 Å². The Hall–Kier alpha value is -2.08. The molecule has 0 saturated heterocycles. The van der Waals surface area contributed by atoms with Gasteiger partial charge >= 0.3 is 0 Å². The minimum Gasteiger partial charge on any atom is -0.390 e. The van der Waals surface area contributed by atoms with Crippen molar-refractivity contribution in [3.63, 3.8) is 0 Å². The van der Waals surface area contributed by atoms with E-state index >= 15 is 0 Å². The van der Waals surface area contributed by atoms with Crippen LogP contribution in [0.15, 0.2) is 29.8 Å². The van der Waals surface area contributed by atoms with Gasteiger partial charge in [-0.25, -0.2) is 13.4 Å². The summed E-state index contributed by atoms with van der Waals surface area (Å²) in [6, 6.07) is 4.53. The molecule has 0 fully saturated rings. The van der Waals surface area contributed by atoms with E-state index in [9.17, 15) is 23.4 Å². The summed E-state index contributed by atoms with van der Waals surface area (Å²) in [4.78, 5) is 20.8. The molecule has 11 heteroatoms. The minimum atomic E-state index is -3.50. The second-order valence-electron chi connectivity index (χ2n) is 6.72. The maximum Gasteiger partial charge on any atom is 0.271 e. The van der Waals surface area contributed by atoms with Gasteiger partial charge < -0.3 is 15.5 Å². The predicted octanol–water partition coefficient (Wildman–Crippen LogP) is 1.16. The number of nitrogens with zero attached hydrogens (tertiary/aromatic N) is 2. The van der Waals surface area contributed by atoms with E-state index in [4.69, 9.17) is 0 Å². The lowest BCUT2D eigenvalue weighted by Crippen LogP contribution is -2.50. The lowest BCUT2D eigenvalue weighted by atomic mass is 9.97. The zero-order chi connectivity index (χ0) is 21.4. The summed E-state index contributed by atoms with van der Waals surface area (Å²) in [5.74, 6) is -0.578. The number of carbonyl (C=O) groups excluding carboxylic acids is 1.